The molecule has 0 bridgehead atoms. The van der Waals surface area contributed by atoms with Gasteiger partial charge in [0.05, 0.1) is 16.6 Å². The fourth-order valence-electron chi connectivity index (χ4n) is 1.73. The highest BCUT2D eigenvalue weighted by atomic mass is 16.6. The second-order valence-corrected chi connectivity index (χ2v) is 4.36. The average molecular weight is 293 g/mol. The van der Waals surface area contributed by atoms with E-state index in [1.807, 2.05) is 6.07 Å². The molecule has 6 heteroatoms. The first-order valence-electron chi connectivity index (χ1n) is 6.32. The summed E-state index contributed by atoms with van der Waals surface area (Å²) in [6.07, 6.45) is 2.78. The zero-order chi connectivity index (χ0) is 15.9. The maximum Gasteiger partial charge on any atom is 0.270 e. The highest BCUT2D eigenvalue weighted by molar-refractivity contribution is 6.01. The molecule has 0 unspecified atom stereocenters. The van der Waals surface area contributed by atoms with Gasteiger partial charge < -0.3 is 5.32 Å². The molecule has 0 aromatic heterocycles. The Morgan fingerprint density at radius 1 is 1.23 bits per heavy atom. The van der Waals surface area contributed by atoms with Crippen LogP contribution in [0.25, 0.3) is 6.08 Å². The molecule has 1 N–H and O–H groups in total. The van der Waals surface area contributed by atoms with Crippen molar-refractivity contribution in [2.24, 2.45) is 0 Å². The van der Waals surface area contributed by atoms with E-state index in [1.165, 1.54) is 24.3 Å². The van der Waals surface area contributed by atoms with Gasteiger partial charge in [0.15, 0.2) is 0 Å². The van der Waals surface area contributed by atoms with E-state index >= 15 is 0 Å². The number of nitro groups is 1. The summed E-state index contributed by atoms with van der Waals surface area (Å²) in [6.45, 7) is 0. The molecule has 6 nitrogen and oxygen atoms in total. The third-order valence-corrected chi connectivity index (χ3v) is 2.79. The van der Waals surface area contributed by atoms with Crippen molar-refractivity contribution in [3.63, 3.8) is 0 Å². The van der Waals surface area contributed by atoms with Crippen LogP contribution >= 0.6 is 0 Å². The van der Waals surface area contributed by atoms with Gasteiger partial charge in [0.1, 0.15) is 0 Å². The molecule has 108 valence electrons. The predicted molar refractivity (Wildman–Crippen MR) is 81.9 cm³/mol. The average Bonchev–Trinajstić information content (AvgIpc) is 2.54. The van der Waals surface area contributed by atoms with Crippen molar-refractivity contribution in [2.45, 2.75) is 0 Å². The van der Waals surface area contributed by atoms with Gasteiger partial charge in [0.25, 0.3) is 5.69 Å². The van der Waals surface area contributed by atoms with Gasteiger partial charge in [-0.25, -0.2) is 0 Å². The van der Waals surface area contributed by atoms with Crippen LogP contribution in [-0.4, -0.2) is 10.8 Å². The van der Waals surface area contributed by atoms with Crippen LogP contribution in [0.4, 0.5) is 11.4 Å². The summed E-state index contributed by atoms with van der Waals surface area (Å²) in [6, 6.07) is 14.4. The number of carbonyl (C=O) groups excluding carboxylic acids is 1. The SMILES string of the molecule is N#Cc1ccc(NC(=O)/C=C/c2cccc([N+](=O)[O-])c2)cc1. The van der Waals surface area contributed by atoms with Crippen LogP contribution in [0.1, 0.15) is 11.1 Å². The lowest BCUT2D eigenvalue weighted by atomic mass is 10.2. The lowest BCUT2D eigenvalue weighted by molar-refractivity contribution is -0.384. The maximum absolute atomic E-state index is 11.8. The van der Waals surface area contributed by atoms with Crippen LogP contribution in [-0.2, 0) is 4.79 Å². The minimum Gasteiger partial charge on any atom is -0.323 e. The summed E-state index contributed by atoms with van der Waals surface area (Å²) >= 11 is 0. The minimum atomic E-state index is -0.492. The molecule has 0 atom stereocenters. The van der Waals surface area contributed by atoms with Gasteiger partial charge in [-0.1, -0.05) is 12.1 Å². The number of nitro benzene ring substituents is 1. The number of carbonyl (C=O) groups is 1. The fraction of sp³-hybridized carbons (Fsp3) is 0. The summed E-state index contributed by atoms with van der Waals surface area (Å²) in [4.78, 5) is 21.9. The van der Waals surface area contributed by atoms with Gasteiger partial charge in [0.2, 0.25) is 5.91 Å². The van der Waals surface area contributed by atoms with E-state index in [-0.39, 0.29) is 11.6 Å². The van der Waals surface area contributed by atoms with Crippen LogP contribution in [0.5, 0.6) is 0 Å². The number of benzene rings is 2. The third-order valence-electron chi connectivity index (χ3n) is 2.79. The number of nitrogens with one attached hydrogen (secondary N) is 1. The summed E-state index contributed by atoms with van der Waals surface area (Å²) < 4.78 is 0. The van der Waals surface area contributed by atoms with Gasteiger partial charge in [-0.2, -0.15) is 5.26 Å². The number of hydrogen-bond donors (Lipinski definition) is 1. The molecular formula is C16H11N3O3. The molecule has 0 saturated carbocycles. The van der Waals surface area contributed by atoms with Crippen LogP contribution in [0.15, 0.2) is 54.6 Å². The summed E-state index contributed by atoms with van der Waals surface area (Å²) in [7, 11) is 0. The Morgan fingerprint density at radius 3 is 2.59 bits per heavy atom. The molecule has 2 aromatic carbocycles. The fourth-order valence-corrected chi connectivity index (χ4v) is 1.73. The van der Waals surface area contributed by atoms with Crippen LogP contribution in [0.2, 0.25) is 0 Å². The molecule has 0 spiro atoms. The Morgan fingerprint density at radius 2 is 1.95 bits per heavy atom. The van der Waals surface area contributed by atoms with Crippen molar-refractivity contribution >= 4 is 23.4 Å². The molecule has 1 amide bonds. The molecule has 0 heterocycles. The molecule has 2 rings (SSSR count). The van der Waals surface area contributed by atoms with E-state index in [1.54, 1.807) is 36.4 Å². The van der Waals surface area contributed by atoms with Crippen molar-refractivity contribution < 1.29 is 9.72 Å². The first kappa shape index (κ1) is 14.9. The molecule has 0 radical (unpaired) electrons. The maximum atomic E-state index is 11.8. The van der Waals surface area contributed by atoms with Crippen LogP contribution < -0.4 is 5.32 Å². The molecule has 0 aliphatic heterocycles. The Labute approximate surface area is 126 Å². The normalized spacial score (nSPS) is 10.1. The van der Waals surface area contributed by atoms with Crippen molar-refractivity contribution in [3.8, 4) is 6.07 Å². The van der Waals surface area contributed by atoms with E-state index in [2.05, 4.69) is 5.32 Å². The van der Waals surface area contributed by atoms with Gasteiger partial charge in [-0.05, 0) is 35.9 Å². The third kappa shape index (κ3) is 4.02. The first-order chi connectivity index (χ1) is 10.6. The Hall–Kier alpha value is -3.46. The lowest BCUT2D eigenvalue weighted by Crippen LogP contribution is -2.07. The lowest BCUT2D eigenvalue weighted by Gasteiger charge is -2.01. The van der Waals surface area contributed by atoms with Gasteiger partial charge in [-0.3, -0.25) is 14.9 Å². The largest absolute Gasteiger partial charge is 0.323 e. The van der Waals surface area contributed by atoms with E-state index < -0.39 is 4.92 Å². The second kappa shape index (κ2) is 6.81. The van der Waals surface area contributed by atoms with Crippen molar-refractivity contribution in [3.05, 3.63) is 75.8 Å². The first-order valence-corrected chi connectivity index (χ1v) is 6.32. The number of rotatable bonds is 4. The second-order valence-electron chi connectivity index (χ2n) is 4.36. The zero-order valence-electron chi connectivity index (χ0n) is 11.4. The van der Waals surface area contributed by atoms with Gasteiger partial charge in [-0.15, -0.1) is 0 Å². The van der Waals surface area contributed by atoms with Gasteiger partial charge >= 0.3 is 0 Å². The monoisotopic (exact) mass is 293 g/mol. The smallest absolute Gasteiger partial charge is 0.270 e. The van der Waals surface area contributed by atoms with Crippen molar-refractivity contribution in [1.29, 1.82) is 5.26 Å². The van der Waals surface area contributed by atoms with Crippen molar-refractivity contribution in [2.75, 3.05) is 5.32 Å². The topological polar surface area (TPSA) is 96.0 Å². The summed E-state index contributed by atoms with van der Waals surface area (Å²) in [5, 5.41) is 22.0. The number of amides is 1. The van der Waals surface area contributed by atoms with Crippen LogP contribution in [0, 0.1) is 21.4 Å². The number of hydrogen-bond acceptors (Lipinski definition) is 4. The zero-order valence-corrected chi connectivity index (χ0v) is 11.4. The molecule has 0 aliphatic rings. The van der Waals surface area contributed by atoms with Crippen LogP contribution in [0.3, 0.4) is 0 Å². The van der Waals surface area contributed by atoms with Gasteiger partial charge in [0, 0.05) is 23.9 Å². The highest BCUT2D eigenvalue weighted by Crippen LogP contribution is 2.14. The molecule has 22 heavy (non-hydrogen) atoms. The van der Waals surface area contributed by atoms with E-state index in [4.69, 9.17) is 5.26 Å². The number of nitriles is 1. The highest BCUT2D eigenvalue weighted by Gasteiger charge is 2.04. The standard InChI is InChI=1S/C16H11N3O3/c17-11-13-4-7-14(8-5-13)18-16(20)9-6-12-2-1-3-15(10-12)19(21)22/h1-10H,(H,18,20)/b9-6+. The summed E-state index contributed by atoms with van der Waals surface area (Å²) in [5.74, 6) is -0.365. The predicted octanol–water partition coefficient (Wildman–Crippen LogP) is 3.12. The Balaban J connectivity index is 2.03. The minimum absolute atomic E-state index is 0.0327. The number of non-ortho nitro benzene ring substituents is 1. The molecule has 0 saturated heterocycles. The number of anilines is 1. The molecular weight excluding hydrogens is 282 g/mol. The molecule has 2 aromatic rings. The Kier molecular flexibility index (Phi) is 4.63. The number of nitrogens with zero attached hydrogens (tertiary/aromatic N) is 2. The van der Waals surface area contributed by atoms with E-state index in [0.717, 1.165) is 0 Å². The molecule has 0 aliphatic carbocycles. The quantitative estimate of drug-likeness (QED) is 0.532. The molecule has 0 fully saturated rings. The van der Waals surface area contributed by atoms with Crippen molar-refractivity contribution in [1.82, 2.24) is 0 Å². The Bertz CT molecular complexity index is 774. The van der Waals surface area contributed by atoms with E-state index in [0.29, 0.717) is 16.8 Å². The van der Waals surface area contributed by atoms with E-state index in [9.17, 15) is 14.9 Å². The summed E-state index contributed by atoms with van der Waals surface area (Å²) in [5.41, 5.74) is 1.59.